The molecule has 6 heteroatoms. The molecule has 0 amide bonds. The quantitative estimate of drug-likeness (QED) is 0.820. The summed E-state index contributed by atoms with van der Waals surface area (Å²) < 4.78 is 5.42. The molecule has 2 rings (SSSR count). The Morgan fingerprint density at radius 1 is 1.20 bits per heavy atom. The molecule has 108 valence electrons. The Morgan fingerprint density at radius 2 is 1.95 bits per heavy atom. The van der Waals surface area contributed by atoms with Crippen molar-refractivity contribution in [1.82, 2.24) is 9.97 Å². The zero-order chi connectivity index (χ0) is 14.4. The number of methoxy groups -OCH3 is 1. The predicted octanol–water partition coefficient (Wildman–Crippen LogP) is 3.29. The van der Waals surface area contributed by atoms with Gasteiger partial charge in [0, 0.05) is 16.3 Å². The second kappa shape index (κ2) is 7.09. The van der Waals surface area contributed by atoms with Crippen molar-refractivity contribution in [3.63, 3.8) is 0 Å². The normalized spacial score (nSPS) is 10.3. The van der Waals surface area contributed by atoms with Crippen LogP contribution >= 0.6 is 11.3 Å². The number of aromatic nitrogens is 2. The van der Waals surface area contributed by atoms with Crippen LogP contribution in [0.5, 0.6) is 5.75 Å². The lowest BCUT2D eigenvalue weighted by Gasteiger charge is -2.13. The average molecular weight is 292 g/mol. The highest BCUT2D eigenvalue weighted by molar-refractivity contribution is 7.11. The third-order valence-electron chi connectivity index (χ3n) is 2.78. The molecule has 0 unspecified atom stereocenters. The molecular formula is C14H20N4OS. The first-order valence-electron chi connectivity index (χ1n) is 6.66. The Kier molecular flexibility index (Phi) is 5.17. The summed E-state index contributed by atoms with van der Waals surface area (Å²) in [6, 6.07) is 4.24. The zero-order valence-corrected chi connectivity index (χ0v) is 12.9. The summed E-state index contributed by atoms with van der Waals surface area (Å²) in [5.41, 5.74) is 0. The van der Waals surface area contributed by atoms with E-state index in [1.807, 2.05) is 0 Å². The van der Waals surface area contributed by atoms with Gasteiger partial charge in [0.1, 0.15) is 6.33 Å². The minimum Gasteiger partial charge on any atom is -0.490 e. The fraction of sp³-hybridized carbons (Fsp3) is 0.429. The summed E-state index contributed by atoms with van der Waals surface area (Å²) in [6.45, 7) is 5.81. The number of hydrogen-bond acceptors (Lipinski definition) is 6. The Bertz CT molecular complexity index is 556. The zero-order valence-electron chi connectivity index (χ0n) is 12.1. The van der Waals surface area contributed by atoms with Gasteiger partial charge >= 0.3 is 0 Å². The van der Waals surface area contributed by atoms with Crippen LogP contribution in [0.15, 0.2) is 18.5 Å². The van der Waals surface area contributed by atoms with E-state index in [4.69, 9.17) is 4.74 Å². The SMILES string of the molecule is CCCNc1ncnc(NCc2ccc(C)s2)c1OC. The lowest BCUT2D eigenvalue weighted by Crippen LogP contribution is -2.08. The molecule has 2 aromatic heterocycles. The van der Waals surface area contributed by atoms with Crippen LogP contribution in [0, 0.1) is 6.92 Å². The van der Waals surface area contributed by atoms with Gasteiger partial charge < -0.3 is 15.4 Å². The van der Waals surface area contributed by atoms with Gasteiger partial charge in [-0.05, 0) is 25.5 Å². The fourth-order valence-corrected chi connectivity index (χ4v) is 2.64. The van der Waals surface area contributed by atoms with Gasteiger partial charge in [-0.15, -0.1) is 11.3 Å². The summed E-state index contributed by atoms with van der Waals surface area (Å²) in [5.74, 6) is 2.11. The molecule has 0 bridgehead atoms. The molecule has 5 nitrogen and oxygen atoms in total. The van der Waals surface area contributed by atoms with Crippen molar-refractivity contribution in [2.45, 2.75) is 26.8 Å². The van der Waals surface area contributed by atoms with Crippen LogP contribution in [-0.4, -0.2) is 23.6 Å². The second-order valence-electron chi connectivity index (χ2n) is 4.40. The van der Waals surface area contributed by atoms with E-state index in [1.54, 1.807) is 24.8 Å². The molecule has 2 N–H and O–H groups in total. The van der Waals surface area contributed by atoms with Gasteiger partial charge in [0.15, 0.2) is 11.6 Å². The molecule has 0 saturated heterocycles. The number of nitrogens with zero attached hydrogens (tertiary/aromatic N) is 2. The highest BCUT2D eigenvalue weighted by Crippen LogP contribution is 2.29. The first-order chi connectivity index (χ1) is 9.74. The maximum Gasteiger partial charge on any atom is 0.204 e. The largest absolute Gasteiger partial charge is 0.490 e. The van der Waals surface area contributed by atoms with Gasteiger partial charge in [-0.25, -0.2) is 9.97 Å². The molecule has 0 aliphatic rings. The van der Waals surface area contributed by atoms with Crippen molar-refractivity contribution in [2.75, 3.05) is 24.3 Å². The van der Waals surface area contributed by atoms with E-state index in [1.165, 1.54) is 9.75 Å². The summed E-state index contributed by atoms with van der Waals surface area (Å²) in [6.07, 6.45) is 2.58. The van der Waals surface area contributed by atoms with E-state index in [0.29, 0.717) is 11.6 Å². The lowest BCUT2D eigenvalue weighted by atomic mass is 10.4. The van der Waals surface area contributed by atoms with Gasteiger partial charge in [0.25, 0.3) is 0 Å². The van der Waals surface area contributed by atoms with E-state index >= 15 is 0 Å². The van der Waals surface area contributed by atoms with Gasteiger partial charge in [0.05, 0.1) is 13.7 Å². The molecule has 0 aliphatic heterocycles. The number of hydrogen-bond donors (Lipinski definition) is 2. The molecule has 0 aliphatic carbocycles. The minimum absolute atomic E-state index is 0.661. The molecule has 0 radical (unpaired) electrons. The number of nitrogens with one attached hydrogen (secondary N) is 2. The first-order valence-corrected chi connectivity index (χ1v) is 7.48. The molecule has 2 aromatic rings. The molecule has 20 heavy (non-hydrogen) atoms. The summed E-state index contributed by atoms with van der Waals surface area (Å²) in [5, 5.41) is 6.55. The van der Waals surface area contributed by atoms with Gasteiger partial charge in [-0.2, -0.15) is 0 Å². The predicted molar refractivity (Wildman–Crippen MR) is 83.7 cm³/mol. The summed E-state index contributed by atoms with van der Waals surface area (Å²) in [4.78, 5) is 11.1. The number of thiophene rings is 1. The third-order valence-corrected chi connectivity index (χ3v) is 3.78. The maximum absolute atomic E-state index is 5.42. The van der Waals surface area contributed by atoms with Crippen molar-refractivity contribution < 1.29 is 4.74 Å². The molecule has 0 spiro atoms. The number of ether oxygens (including phenoxy) is 1. The minimum atomic E-state index is 0.661. The summed E-state index contributed by atoms with van der Waals surface area (Å²) in [7, 11) is 1.64. The van der Waals surface area contributed by atoms with Crippen LogP contribution in [0.25, 0.3) is 0 Å². The Labute approximate surface area is 123 Å². The van der Waals surface area contributed by atoms with Crippen LogP contribution in [0.1, 0.15) is 23.1 Å². The van der Waals surface area contributed by atoms with Crippen LogP contribution in [0.2, 0.25) is 0 Å². The topological polar surface area (TPSA) is 59.1 Å². The highest BCUT2D eigenvalue weighted by atomic mass is 32.1. The van der Waals surface area contributed by atoms with Gasteiger partial charge in [-0.3, -0.25) is 0 Å². The van der Waals surface area contributed by atoms with Crippen molar-refractivity contribution in [3.8, 4) is 5.75 Å². The smallest absolute Gasteiger partial charge is 0.204 e. The Balaban J connectivity index is 2.10. The van der Waals surface area contributed by atoms with E-state index < -0.39 is 0 Å². The summed E-state index contributed by atoms with van der Waals surface area (Å²) >= 11 is 1.78. The Morgan fingerprint density at radius 3 is 2.55 bits per heavy atom. The third kappa shape index (κ3) is 3.60. The Hall–Kier alpha value is -1.82. The van der Waals surface area contributed by atoms with Crippen LogP contribution < -0.4 is 15.4 Å². The van der Waals surface area contributed by atoms with E-state index in [-0.39, 0.29) is 0 Å². The standard InChI is InChI=1S/C14H20N4OS/c1-4-7-15-13-12(19-3)14(18-9-17-13)16-8-11-6-5-10(2)20-11/h5-6,9H,4,7-8H2,1-3H3,(H2,15,16,17,18). The maximum atomic E-state index is 5.42. The first kappa shape index (κ1) is 14.6. The molecule has 0 fully saturated rings. The average Bonchev–Trinajstić information content (AvgIpc) is 2.88. The van der Waals surface area contributed by atoms with E-state index in [2.05, 4.69) is 46.6 Å². The lowest BCUT2D eigenvalue weighted by molar-refractivity contribution is 0.414. The van der Waals surface area contributed by atoms with Crippen molar-refractivity contribution in [2.24, 2.45) is 0 Å². The monoisotopic (exact) mass is 292 g/mol. The number of rotatable bonds is 7. The fourth-order valence-electron chi connectivity index (χ4n) is 1.81. The molecule has 0 saturated carbocycles. The molecular weight excluding hydrogens is 272 g/mol. The number of aryl methyl sites for hydroxylation is 1. The van der Waals surface area contributed by atoms with Gasteiger partial charge in [0.2, 0.25) is 5.75 Å². The molecule has 0 aromatic carbocycles. The van der Waals surface area contributed by atoms with Crippen molar-refractivity contribution in [1.29, 1.82) is 0 Å². The molecule has 0 atom stereocenters. The van der Waals surface area contributed by atoms with Crippen molar-refractivity contribution >= 4 is 23.0 Å². The number of anilines is 2. The second-order valence-corrected chi connectivity index (χ2v) is 5.77. The van der Waals surface area contributed by atoms with E-state index in [9.17, 15) is 0 Å². The highest BCUT2D eigenvalue weighted by Gasteiger charge is 2.11. The molecule has 2 heterocycles. The van der Waals surface area contributed by atoms with Crippen molar-refractivity contribution in [3.05, 3.63) is 28.2 Å². The van der Waals surface area contributed by atoms with Crippen LogP contribution in [-0.2, 0) is 6.54 Å². The van der Waals surface area contributed by atoms with Gasteiger partial charge in [-0.1, -0.05) is 6.92 Å². The van der Waals surface area contributed by atoms with Crippen LogP contribution in [0.3, 0.4) is 0 Å². The van der Waals surface area contributed by atoms with E-state index in [0.717, 1.165) is 25.3 Å². The van der Waals surface area contributed by atoms with Crippen LogP contribution in [0.4, 0.5) is 11.6 Å².